The van der Waals surface area contributed by atoms with Crippen molar-refractivity contribution in [2.45, 2.75) is 25.7 Å². The molecule has 0 radical (unpaired) electrons. The van der Waals surface area contributed by atoms with E-state index in [-0.39, 0.29) is 16.5 Å². The lowest BCUT2D eigenvalue weighted by atomic mass is 10.2. The number of carbonyl (C=O) groups is 2. The molecule has 1 fully saturated rings. The summed E-state index contributed by atoms with van der Waals surface area (Å²) in [6, 6.07) is 4.68. The van der Waals surface area contributed by atoms with Gasteiger partial charge >= 0.3 is 5.97 Å². The lowest BCUT2D eigenvalue weighted by Gasteiger charge is -2.21. The van der Waals surface area contributed by atoms with E-state index in [9.17, 15) is 9.59 Å². The molecule has 1 amide bonds. The zero-order valence-corrected chi connectivity index (χ0v) is 10.6. The van der Waals surface area contributed by atoms with Crippen LogP contribution in [0, 0.1) is 0 Å². The van der Waals surface area contributed by atoms with Crippen LogP contribution in [0.2, 0.25) is 5.02 Å². The Morgan fingerprint density at radius 2 is 2.06 bits per heavy atom. The van der Waals surface area contributed by atoms with Crippen LogP contribution in [0.25, 0.3) is 0 Å². The monoisotopic (exact) mass is 267 g/mol. The number of amides is 1. The zero-order chi connectivity index (χ0) is 13.1. The number of carboxylic acid groups (broad SMARTS) is 1. The number of anilines is 1. The van der Waals surface area contributed by atoms with Crippen molar-refractivity contribution in [3.63, 3.8) is 0 Å². The van der Waals surface area contributed by atoms with E-state index in [0.29, 0.717) is 18.7 Å². The van der Waals surface area contributed by atoms with E-state index >= 15 is 0 Å². The number of aromatic carboxylic acids is 1. The predicted octanol–water partition coefficient (Wildman–Crippen LogP) is 2.95. The SMILES string of the molecule is O=C(O)c1cc(N2CCCCCC2=O)ccc1Cl. The summed E-state index contributed by atoms with van der Waals surface area (Å²) in [6.07, 6.45) is 3.39. The second-order valence-corrected chi connectivity index (χ2v) is 4.73. The Balaban J connectivity index is 2.34. The number of rotatable bonds is 2. The standard InChI is InChI=1S/C13H14ClNO3/c14-11-6-5-9(8-10(11)13(17)18)15-7-3-1-2-4-12(15)16/h5-6,8H,1-4,7H2,(H,17,18). The van der Waals surface area contributed by atoms with Gasteiger partial charge in [-0.05, 0) is 31.0 Å². The molecule has 18 heavy (non-hydrogen) atoms. The third-order valence-electron chi connectivity index (χ3n) is 3.07. The summed E-state index contributed by atoms with van der Waals surface area (Å²) < 4.78 is 0. The minimum atomic E-state index is -1.08. The molecule has 1 heterocycles. The quantitative estimate of drug-likeness (QED) is 0.896. The highest BCUT2D eigenvalue weighted by Gasteiger charge is 2.20. The number of hydrogen-bond donors (Lipinski definition) is 1. The Morgan fingerprint density at radius 1 is 1.28 bits per heavy atom. The second-order valence-electron chi connectivity index (χ2n) is 4.33. The van der Waals surface area contributed by atoms with Gasteiger partial charge in [0.2, 0.25) is 5.91 Å². The number of carboxylic acids is 1. The highest BCUT2D eigenvalue weighted by molar-refractivity contribution is 6.33. The molecule has 0 aromatic heterocycles. The van der Waals surface area contributed by atoms with Crippen molar-refractivity contribution < 1.29 is 14.7 Å². The average Bonchev–Trinajstić information content (AvgIpc) is 2.54. The molecule has 5 heteroatoms. The van der Waals surface area contributed by atoms with Crippen LogP contribution in [0.3, 0.4) is 0 Å². The number of halogens is 1. The molecular formula is C13H14ClNO3. The van der Waals surface area contributed by atoms with Crippen LogP contribution in [-0.2, 0) is 4.79 Å². The molecule has 1 aliphatic heterocycles. The number of carbonyl (C=O) groups excluding carboxylic acids is 1. The summed E-state index contributed by atoms with van der Waals surface area (Å²) in [5, 5.41) is 9.21. The maximum Gasteiger partial charge on any atom is 0.337 e. The van der Waals surface area contributed by atoms with Gasteiger partial charge in [-0.15, -0.1) is 0 Å². The van der Waals surface area contributed by atoms with Crippen LogP contribution in [-0.4, -0.2) is 23.5 Å². The van der Waals surface area contributed by atoms with Gasteiger partial charge in [-0.3, -0.25) is 4.79 Å². The van der Waals surface area contributed by atoms with Crippen LogP contribution in [0.1, 0.15) is 36.0 Å². The van der Waals surface area contributed by atoms with E-state index < -0.39 is 5.97 Å². The molecule has 96 valence electrons. The lowest BCUT2D eigenvalue weighted by Crippen LogP contribution is -2.30. The third kappa shape index (κ3) is 2.64. The first kappa shape index (κ1) is 12.9. The largest absolute Gasteiger partial charge is 0.478 e. The van der Waals surface area contributed by atoms with Gasteiger partial charge in [0, 0.05) is 18.7 Å². The average molecular weight is 268 g/mol. The molecule has 1 aliphatic rings. The molecule has 0 unspecified atom stereocenters. The van der Waals surface area contributed by atoms with Crippen LogP contribution in [0.5, 0.6) is 0 Å². The molecule has 0 spiro atoms. The van der Waals surface area contributed by atoms with Crippen molar-refractivity contribution in [2.75, 3.05) is 11.4 Å². The van der Waals surface area contributed by atoms with Gasteiger partial charge < -0.3 is 10.0 Å². The Morgan fingerprint density at radius 3 is 2.78 bits per heavy atom. The molecule has 1 saturated heterocycles. The first-order valence-corrected chi connectivity index (χ1v) is 6.30. The highest BCUT2D eigenvalue weighted by atomic mass is 35.5. The highest BCUT2D eigenvalue weighted by Crippen LogP contribution is 2.25. The molecule has 2 rings (SSSR count). The van der Waals surface area contributed by atoms with Crippen molar-refractivity contribution in [1.29, 1.82) is 0 Å². The van der Waals surface area contributed by atoms with Crippen LogP contribution in [0.4, 0.5) is 5.69 Å². The van der Waals surface area contributed by atoms with Gasteiger partial charge in [0.1, 0.15) is 0 Å². The Labute approximate surface area is 110 Å². The molecular weight excluding hydrogens is 254 g/mol. The van der Waals surface area contributed by atoms with E-state index in [0.717, 1.165) is 19.3 Å². The molecule has 4 nitrogen and oxygen atoms in total. The molecule has 1 aromatic carbocycles. The van der Waals surface area contributed by atoms with Gasteiger partial charge in [0.05, 0.1) is 10.6 Å². The second kappa shape index (κ2) is 5.40. The fourth-order valence-corrected chi connectivity index (χ4v) is 2.30. The van der Waals surface area contributed by atoms with Crippen LogP contribution < -0.4 is 4.90 Å². The third-order valence-corrected chi connectivity index (χ3v) is 3.40. The molecule has 0 atom stereocenters. The van der Waals surface area contributed by atoms with Gasteiger partial charge in [-0.25, -0.2) is 4.79 Å². The normalized spacial score (nSPS) is 16.5. The summed E-state index contributed by atoms with van der Waals surface area (Å²) in [4.78, 5) is 24.6. The van der Waals surface area contributed by atoms with Crippen LogP contribution >= 0.6 is 11.6 Å². The Hall–Kier alpha value is -1.55. The van der Waals surface area contributed by atoms with Gasteiger partial charge in [0.15, 0.2) is 0 Å². The number of nitrogens with zero attached hydrogens (tertiary/aromatic N) is 1. The lowest BCUT2D eigenvalue weighted by molar-refractivity contribution is -0.118. The molecule has 0 saturated carbocycles. The van der Waals surface area contributed by atoms with E-state index in [4.69, 9.17) is 16.7 Å². The fraction of sp³-hybridized carbons (Fsp3) is 0.385. The van der Waals surface area contributed by atoms with E-state index in [1.807, 2.05) is 0 Å². The van der Waals surface area contributed by atoms with Gasteiger partial charge in [-0.1, -0.05) is 18.0 Å². The number of hydrogen-bond acceptors (Lipinski definition) is 2. The predicted molar refractivity (Wildman–Crippen MR) is 69.2 cm³/mol. The summed E-state index contributed by atoms with van der Waals surface area (Å²) in [5.41, 5.74) is 0.648. The van der Waals surface area contributed by atoms with Crippen LogP contribution in [0.15, 0.2) is 18.2 Å². The minimum Gasteiger partial charge on any atom is -0.478 e. The van der Waals surface area contributed by atoms with E-state index in [1.54, 1.807) is 11.0 Å². The molecule has 1 N–H and O–H groups in total. The summed E-state index contributed by atoms with van der Waals surface area (Å²) in [7, 11) is 0. The van der Waals surface area contributed by atoms with Crippen molar-refractivity contribution in [2.24, 2.45) is 0 Å². The van der Waals surface area contributed by atoms with Gasteiger partial charge in [0.25, 0.3) is 0 Å². The van der Waals surface area contributed by atoms with Crippen molar-refractivity contribution in [3.8, 4) is 0 Å². The maximum atomic E-state index is 11.9. The first-order valence-electron chi connectivity index (χ1n) is 5.93. The van der Waals surface area contributed by atoms with Crippen molar-refractivity contribution in [3.05, 3.63) is 28.8 Å². The van der Waals surface area contributed by atoms with Crippen molar-refractivity contribution in [1.82, 2.24) is 0 Å². The molecule has 0 bridgehead atoms. The summed E-state index contributed by atoms with van der Waals surface area (Å²) >= 11 is 5.81. The Bertz CT molecular complexity index is 487. The Kier molecular flexibility index (Phi) is 3.87. The summed E-state index contributed by atoms with van der Waals surface area (Å²) in [5.74, 6) is -1.03. The van der Waals surface area contributed by atoms with E-state index in [1.165, 1.54) is 12.1 Å². The van der Waals surface area contributed by atoms with Gasteiger partial charge in [-0.2, -0.15) is 0 Å². The first-order chi connectivity index (χ1) is 8.59. The molecule has 0 aliphatic carbocycles. The fourth-order valence-electron chi connectivity index (χ4n) is 2.10. The zero-order valence-electron chi connectivity index (χ0n) is 9.86. The number of benzene rings is 1. The van der Waals surface area contributed by atoms with Crippen molar-refractivity contribution >= 4 is 29.2 Å². The minimum absolute atomic E-state index is 0.0335. The maximum absolute atomic E-state index is 11.9. The smallest absolute Gasteiger partial charge is 0.337 e. The summed E-state index contributed by atoms with van der Waals surface area (Å²) in [6.45, 7) is 0.638. The molecule has 1 aromatic rings. The van der Waals surface area contributed by atoms with E-state index in [2.05, 4.69) is 0 Å². The topological polar surface area (TPSA) is 57.6 Å².